The molecule has 0 radical (unpaired) electrons. The fraction of sp³-hybridized carbons (Fsp3) is 0.529. The lowest BCUT2D eigenvalue weighted by atomic mass is 9.95. The number of amides is 1. The largest absolute Gasteiger partial charge is 0.494 e. The minimum atomic E-state index is -1.04. The molecule has 1 amide bonds. The molecular weight excluding hydrogens is 314 g/mol. The molecule has 2 aliphatic heterocycles. The molecule has 0 unspecified atom stereocenters. The summed E-state index contributed by atoms with van der Waals surface area (Å²) in [4.78, 5) is 25.3. The Morgan fingerprint density at radius 2 is 2.25 bits per heavy atom. The second-order valence-electron chi connectivity index (χ2n) is 5.90. The van der Waals surface area contributed by atoms with Gasteiger partial charge in [0, 0.05) is 6.54 Å². The van der Waals surface area contributed by atoms with Crippen LogP contribution >= 0.6 is 0 Å². The minimum absolute atomic E-state index is 0.0799. The summed E-state index contributed by atoms with van der Waals surface area (Å²) >= 11 is 0. The van der Waals surface area contributed by atoms with Gasteiger partial charge in [-0.2, -0.15) is 0 Å². The van der Waals surface area contributed by atoms with Gasteiger partial charge in [-0.3, -0.25) is 4.79 Å². The number of carbonyl (C=O) groups is 2. The van der Waals surface area contributed by atoms with Crippen molar-refractivity contribution in [2.45, 2.75) is 19.4 Å². The van der Waals surface area contributed by atoms with E-state index in [1.54, 1.807) is 4.90 Å². The Bertz CT molecular complexity index is 632. The van der Waals surface area contributed by atoms with Gasteiger partial charge < -0.3 is 24.2 Å². The Hall–Kier alpha value is -2.28. The van der Waals surface area contributed by atoms with Gasteiger partial charge in [0.05, 0.1) is 25.7 Å². The molecule has 1 aromatic rings. The molecular formula is C17H21NO6. The van der Waals surface area contributed by atoms with E-state index in [4.69, 9.17) is 19.3 Å². The number of nitrogens with zero attached hydrogens (tertiary/aromatic N) is 1. The van der Waals surface area contributed by atoms with Gasteiger partial charge in [-0.15, -0.1) is 0 Å². The van der Waals surface area contributed by atoms with Gasteiger partial charge in [0.15, 0.2) is 6.10 Å². The van der Waals surface area contributed by atoms with Crippen LogP contribution < -0.4 is 9.47 Å². The first-order valence-electron chi connectivity index (χ1n) is 8.10. The summed E-state index contributed by atoms with van der Waals surface area (Å²) in [6.07, 6.45) is -0.395. The third-order valence-corrected chi connectivity index (χ3v) is 4.25. The number of hydrogen-bond acceptors (Lipinski definition) is 5. The molecule has 2 atom stereocenters. The summed E-state index contributed by atoms with van der Waals surface area (Å²) in [6.45, 7) is 3.52. The van der Waals surface area contributed by atoms with Crippen molar-refractivity contribution in [3.63, 3.8) is 0 Å². The standard InChI is InChI=1S/C17H21NO6/c1-2-22-13-3-4-14-11(8-13)7-12(10-24-14)16(19)18-5-6-23-15(9-18)17(20)21/h3-4,8,12,15H,2,5-7,9-10H2,1H3,(H,20,21)/t12-,15+/m1/s1. The number of benzene rings is 1. The van der Waals surface area contributed by atoms with Crippen LogP contribution in [0, 0.1) is 5.92 Å². The van der Waals surface area contributed by atoms with Crippen LogP contribution in [-0.4, -0.2) is 60.9 Å². The highest BCUT2D eigenvalue weighted by Crippen LogP contribution is 2.31. The Labute approximate surface area is 140 Å². The topological polar surface area (TPSA) is 85.3 Å². The number of aliphatic carboxylic acids is 1. The quantitative estimate of drug-likeness (QED) is 0.882. The molecule has 2 heterocycles. The Morgan fingerprint density at radius 1 is 1.42 bits per heavy atom. The van der Waals surface area contributed by atoms with Gasteiger partial charge >= 0.3 is 5.97 Å². The highest BCUT2D eigenvalue weighted by Gasteiger charge is 2.34. The average Bonchev–Trinajstić information content (AvgIpc) is 2.61. The first kappa shape index (κ1) is 16.6. The van der Waals surface area contributed by atoms with Gasteiger partial charge in [-0.05, 0) is 37.1 Å². The van der Waals surface area contributed by atoms with Crippen molar-refractivity contribution in [1.29, 1.82) is 0 Å². The van der Waals surface area contributed by atoms with E-state index < -0.39 is 12.1 Å². The maximum absolute atomic E-state index is 12.7. The van der Waals surface area contributed by atoms with E-state index in [2.05, 4.69) is 0 Å². The number of carboxylic acid groups (broad SMARTS) is 1. The molecule has 7 heteroatoms. The molecule has 2 aliphatic rings. The number of ether oxygens (including phenoxy) is 3. The summed E-state index contributed by atoms with van der Waals surface area (Å²) < 4.78 is 16.4. The van der Waals surface area contributed by atoms with Gasteiger partial charge in [-0.1, -0.05) is 0 Å². The zero-order valence-corrected chi connectivity index (χ0v) is 13.6. The molecule has 0 aliphatic carbocycles. The predicted octanol–water partition coefficient (Wildman–Crippen LogP) is 0.948. The molecule has 0 bridgehead atoms. The highest BCUT2D eigenvalue weighted by molar-refractivity contribution is 5.81. The molecule has 1 aromatic carbocycles. The van der Waals surface area contributed by atoms with E-state index in [9.17, 15) is 9.59 Å². The number of morpholine rings is 1. The first-order chi connectivity index (χ1) is 11.6. The van der Waals surface area contributed by atoms with Gasteiger partial charge in [0.1, 0.15) is 18.1 Å². The molecule has 130 valence electrons. The molecule has 0 saturated carbocycles. The number of carboxylic acids is 1. The van der Waals surface area contributed by atoms with E-state index in [0.717, 1.165) is 17.1 Å². The van der Waals surface area contributed by atoms with Crippen molar-refractivity contribution in [2.75, 3.05) is 32.9 Å². The van der Waals surface area contributed by atoms with E-state index in [0.29, 0.717) is 26.2 Å². The zero-order valence-electron chi connectivity index (χ0n) is 13.6. The summed E-state index contributed by atoms with van der Waals surface area (Å²) in [6, 6.07) is 5.61. The maximum atomic E-state index is 12.7. The smallest absolute Gasteiger partial charge is 0.334 e. The molecule has 1 saturated heterocycles. The lowest BCUT2D eigenvalue weighted by Gasteiger charge is -2.34. The van der Waals surface area contributed by atoms with E-state index in [1.807, 2.05) is 25.1 Å². The van der Waals surface area contributed by atoms with Crippen molar-refractivity contribution in [3.8, 4) is 11.5 Å². The molecule has 1 N–H and O–H groups in total. The molecule has 0 aromatic heterocycles. The van der Waals surface area contributed by atoms with Crippen LogP contribution in [-0.2, 0) is 20.7 Å². The number of rotatable bonds is 4. The summed E-state index contributed by atoms with van der Waals surface area (Å²) in [7, 11) is 0. The third kappa shape index (κ3) is 3.46. The normalized spacial score (nSPS) is 23.1. The van der Waals surface area contributed by atoms with Crippen LogP contribution in [0.15, 0.2) is 18.2 Å². The molecule has 24 heavy (non-hydrogen) atoms. The summed E-state index contributed by atoms with van der Waals surface area (Å²) in [5.41, 5.74) is 0.939. The molecule has 1 fully saturated rings. The van der Waals surface area contributed by atoms with Crippen molar-refractivity contribution in [2.24, 2.45) is 5.92 Å². The van der Waals surface area contributed by atoms with Crippen molar-refractivity contribution < 1.29 is 28.9 Å². The molecule has 3 rings (SSSR count). The second kappa shape index (κ2) is 7.09. The Kier molecular flexibility index (Phi) is 4.89. The molecule has 7 nitrogen and oxygen atoms in total. The lowest BCUT2D eigenvalue weighted by molar-refractivity contribution is -0.161. The number of hydrogen-bond donors (Lipinski definition) is 1. The second-order valence-corrected chi connectivity index (χ2v) is 5.90. The van der Waals surface area contributed by atoms with Crippen molar-refractivity contribution >= 4 is 11.9 Å². The van der Waals surface area contributed by atoms with Crippen LogP contribution in [0.3, 0.4) is 0 Å². The van der Waals surface area contributed by atoms with Gasteiger partial charge in [0.2, 0.25) is 5.91 Å². The summed E-state index contributed by atoms with van der Waals surface area (Å²) in [5.74, 6) is 0.0798. The van der Waals surface area contributed by atoms with Crippen LogP contribution in [0.5, 0.6) is 11.5 Å². The average molecular weight is 335 g/mol. The maximum Gasteiger partial charge on any atom is 0.334 e. The fourth-order valence-electron chi connectivity index (χ4n) is 3.04. The molecule has 0 spiro atoms. The zero-order chi connectivity index (χ0) is 17.1. The van der Waals surface area contributed by atoms with E-state index in [1.165, 1.54) is 0 Å². The van der Waals surface area contributed by atoms with Crippen LogP contribution in [0.25, 0.3) is 0 Å². The fourth-order valence-corrected chi connectivity index (χ4v) is 3.04. The van der Waals surface area contributed by atoms with Crippen LogP contribution in [0.2, 0.25) is 0 Å². The van der Waals surface area contributed by atoms with Crippen LogP contribution in [0.4, 0.5) is 0 Å². The first-order valence-corrected chi connectivity index (χ1v) is 8.10. The SMILES string of the molecule is CCOc1ccc2c(c1)C[C@@H](C(=O)N1CCO[C@H](C(=O)O)C1)CO2. The van der Waals surface area contributed by atoms with Crippen molar-refractivity contribution in [1.82, 2.24) is 4.90 Å². The van der Waals surface area contributed by atoms with E-state index >= 15 is 0 Å². The monoisotopic (exact) mass is 335 g/mol. The summed E-state index contributed by atoms with van der Waals surface area (Å²) in [5, 5.41) is 9.06. The number of carbonyl (C=O) groups excluding carboxylic acids is 1. The lowest BCUT2D eigenvalue weighted by Crippen LogP contribution is -2.51. The van der Waals surface area contributed by atoms with Crippen molar-refractivity contribution in [3.05, 3.63) is 23.8 Å². The highest BCUT2D eigenvalue weighted by atomic mass is 16.5. The van der Waals surface area contributed by atoms with Crippen LogP contribution in [0.1, 0.15) is 12.5 Å². The third-order valence-electron chi connectivity index (χ3n) is 4.25. The van der Waals surface area contributed by atoms with Gasteiger partial charge in [0.25, 0.3) is 0 Å². The minimum Gasteiger partial charge on any atom is -0.494 e. The number of fused-ring (bicyclic) bond motifs is 1. The predicted molar refractivity (Wildman–Crippen MR) is 84.3 cm³/mol. The Balaban J connectivity index is 1.68. The van der Waals surface area contributed by atoms with Gasteiger partial charge in [-0.25, -0.2) is 4.79 Å². The van der Waals surface area contributed by atoms with E-state index in [-0.39, 0.29) is 25.0 Å². The Morgan fingerprint density at radius 3 is 3.00 bits per heavy atom.